The summed E-state index contributed by atoms with van der Waals surface area (Å²) in [7, 11) is 3.01. The lowest BCUT2D eigenvalue weighted by Gasteiger charge is -2.06. The Kier molecular flexibility index (Phi) is 1.82. The van der Waals surface area contributed by atoms with Crippen LogP contribution in [0.15, 0.2) is 15.8 Å². The van der Waals surface area contributed by atoms with Crippen LogP contribution in [0.1, 0.15) is 0 Å². The van der Waals surface area contributed by atoms with Gasteiger partial charge in [-0.2, -0.15) is 4.98 Å². The molecule has 0 aliphatic carbocycles. The molecule has 2 rings (SSSR count). The van der Waals surface area contributed by atoms with Crippen LogP contribution in [0.2, 0.25) is 0 Å². The molecule has 0 aromatic carbocycles. The summed E-state index contributed by atoms with van der Waals surface area (Å²) in [5, 5.41) is 0. The highest BCUT2D eigenvalue weighted by molar-refractivity contribution is 5.69. The zero-order valence-corrected chi connectivity index (χ0v) is 8.26. The van der Waals surface area contributed by atoms with Crippen LogP contribution < -0.4 is 16.9 Å². The van der Waals surface area contributed by atoms with Crippen LogP contribution in [-0.2, 0) is 14.1 Å². The molecule has 0 bridgehead atoms. The minimum atomic E-state index is -0.367. The SMILES string of the molecule is Cn1c(N)nc2c(ncc(=O)n2C)c1=O. The van der Waals surface area contributed by atoms with Gasteiger partial charge in [-0.25, -0.2) is 4.98 Å². The van der Waals surface area contributed by atoms with Crippen LogP contribution >= 0.6 is 0 Å². The monoisotopic (exact) mass is 207 g/mol. The fraction of sp³-hybridized carbons (Fsp3) is 0.250. The second-order valence-electron chi connectivity index (χ2n) is 3.16. The fourth-order valence-corrected chi connectivity index (χ4v) is 1.25. The highest BCUT2D eigenvalue weighted by Gasteiger charge is 2.09. The molecule has 0 atom stereocenters. The largest absolute Gasteiger partial charge is 0.369 e. The van der Waals surface area contributed by atoms with Gasteiger partial charge in [0.25, 0.3) is 11.1 Å². The summed E-state index contributed by atoms with van der Waals surface area (Å²) in [6, 6.07) is 0. The Morgan fingerprint density at radius 2 is 1.93 bits per heavy atom. The first-order chi connectivity index (χ1) is 7.02. The van der Waals surface area contributed by atoms with Gasteiger partial charge in [0.2, 0.25) is 5.95 Å². The normalized spacial score (nSPS) is 10.8. The maximum Gasteiger partial charge on any atom is 0.282 e. The molecular formula is C8H9N5O2. The molecule has 2 N–H and O–H groups in total. The van der Waals surface area contributed by atoms with Gasteiger partial charge < -0.3 is 5.73 Å². The quantitative estimate of drug-likeness (QED) is 0.573. The van der Waals surface area contributed by atoms with Crippen LogP contribution in [0, 0.1) is 0 Å². The molecule has 0 amide bonds. The van der Waals surface area contributed by atoms with Crippen molar-refractivity contribution in [3.05, 3.63) is 26.9 Å². The van der Waals surface area contributed by atoms with Gasteiger partial charge in [-0.3, -0.25) is 18.7 Å². The number of anilines is 1. The van der Waals surface area contributed by atoms with Crippen molar-refractivity contribution in [3.8, 4) is 0 Å². The highest BCUT2D eigenvalue weighted by Crippen LogP contribution is 2.01. The maximum absolute atomic E-state index is 11.7. The third kappa shape index (κ3) is 1.20. The number of nitrogens with zero attached hydrogens (tertiary/aromatic N) is 4. The zero-order chi connectivity index (χ0) is 11.2. The molecule has 0 radical (unpaired) electrons. The highest BCUT2D eigenvalue weighted by atomic mass is 16.1. The Morgan fingerprint density at radius 1 is 1.27 bits per heavy atom. The van der Waals surface area contributed by atoms with Crippen molar-refractivity contribution in [2.75, 3.05) is 5.73 Å². The van der Waals surface area contributed by atoms with Gasteiger partial charge >= 0.3 is 0 Å². The molecule has 2 heterocycles. The van der Waals surface area contributed by atoms with Crippen LogP contribution in [0.4, 0.5) is 5.95 Å². The van der Waals surface area contributed by atoms with Crippen LogP contribution in [-0.4, -0.2) is 19.1 Å². The summed E-state index contributed by atoms with van der Waals surface area (Å²) in [6.07, 6.45) is 1.08. The lowest BCUT2D eigenvalue weighted by atomic mass is 10.5. The van der Waals surface area contributed by atoms with E-state index in [2.05, 4.69) is 9.97 Å². The summed E-state index contributed by atoms with van der Waals surface area (Å²) >= 11 is 0. The van der Waals surface area contributed by atoms with E-state index < -0.39 is 0 Å². The van der Waals surface area contributed by atoms with Gasteiger partial charge in [-0.15, -0.1) is 0 Å². The Bertz CT molecular complexity index is 654. The van der Waals surface area contributed by atoms with Crippen molar-refractivity contribution in [1.82, 2.24) is 19.1 Å². The molecule has 0 unspecified atom stereocenters. The number of aromatic nitrogens is 4. The first kappa shape index (κ1) is 9.38. The van der Waals surface area contributed by atoms with Gasteiger partial charge in [0.05, 0.1) is 6.20 Å². The van der Waals surface area contributed by atoms with Crippen molar-refractivity contribution < 1.29 is 0 Å². The van der Waals surface area contributed by atoms with E-state index in [4.69, 9.17) is 5.73 Å². The molecule has 15 heavy (non-hydrogen) atoms. The van der Waals surface area contributed by atoms with Crippen LogP contribution in [0.25, 0.3) is 11.2 Å². The predicted molar refractivity (Wildman–Crippen MR) is 54.4 cm³/mol. The molecule has 0 saturated heterocycles. The number of fused-ring (bicyclic) bond motifs is 1. The maximum atomic E-state index is 11.7. The number of nitrogen functional groups attached to an aromatic ring is 1. The third-order valence-electron chi connectivity index (χ3n) is 2.24. The minimum Gasteiger partial charge on any atom is -0.369 e. The van der Waals surface area contributed by atoms with Gasteiger partial charge in [0.1, 0.15) is 0 Å². The van der Waals surface area contributed by atoms with Gasteiger partial charge in [0, 0.05) is 14.1 Å². The number of nitrogens with two attached hydrogens (primary N) is 1. The first-order valence-electron chi connectivity index (χ1n) is 4.20. The number of aryl methyl sites for hydroxylation is 1. The summed E-state index contributed by atoms with van der Waals surface area (Å²) < 4.78 is 2.42. The molecule has 2 aromatic rings. The van der Waals surface area contributed by atoms with Gasteiger partial charge in [-0.05, 0) is 0 Å². The molecule has 0 aliphatic heterocycles. The number of hydrogen-bond donors (Lipinski definition) is 1. The molecular weight excluding hydrogens is 198 g/mol. The van der Waals surface area contributed by atoms with E-state index in [1.165, 1.54) is 23.2 Å². The number of rotatable bonds is 0. The van der Waals surface area contributed by atoms with Crippen molar-refractivity contribution in [3.63, 3.8) is 0 Å². The van der Waals surface area contributed by atoms with E-state index >= 15 is 0 Å². The average Bonchev–Trinajstić information content (AvgIpc) is 2.21. The Morgan fingerprint density at radius 3 is 2.60 bits per heavy atom. The van der Waals surface area contributed by atoms with Gasteiger partial charge in [0.15, 0.2) is 11.2 Å². The minimum absolute atomic E-state index is 0.0514. The Hall–Kier alpha value is -2.18. The van der Waals surface area contributed by atoms with Crippen molar-refractivity contribution in [2.24, 2.45) is 14.1 Å². The number of hydrogen-bond acceptors (Lipinski definition) is 5. The summed E-state index contributed by atoms with van der Waals surface area (Å²) in [6.45, 7) is 0. The summed E-state index contributed by atoms with van der Waals surface area (Å²) in [4.78, 5) is 30.6. The molecule has 7 nitrogen and oxygen atoms in total. The smallest absolute Gasteiger partial charge is 0.282 e. The Balaban J connectivity index is 3.13. The molecule has 7 heteroatoms. The van der Waals surface area contributed by atoms with Crippen molar-refractivity contribution in [2.45, 2.75) is 0 Å². The van der Waals surface area contributed by atoms with E-state index in [-0.39, 0.29) is 28.2 Å². The van der Waals surface area contributed by atoms with E-state index in [0.29, 0.717) is 0 Å². The lowest BCUT2D eigenvalue weighted by molar-refractivity contribution is 0.818. The van der Waals surface area contributed by atoms with Gasteiger partial charge in [-0.1, -0.05) is 0 Å². The lowest BCUT2D eigenvalue weighted by Crippen LogP contribution is -2.27. The molecule has 0 spiro atoms. The molecule has 0 saturated carbocycles. The second-order valence-corrected chi connectivity index (χ2v) is 3.16. The second kappa shape index (κ2) is 2.91. The fourth-order valence-electron chi connectivity index (χ4n) is 1.25. The summed E-state index contributed by atoms with van der Waals surface area (Å²) in [5.74, 6) is 0.0514. The van der Waals surface area contributed by atoms with Crippen molar-refractivity contribution >= 4 is 17.1 Å². The standard InChI is InChI=1S/C8H9N5O2/c1-12-4(14)3-10-5-6(12)11-8(9)13(2)7(5)15/h3H,1-2H3,(H2,9,11). The summed E-state index contributed by atoms with van der Waals surface area (Å²) in [5.41, 5.74) is 5.15. The van der Waals surface area contributed by atoms with Crippen LogP contribution in [0.3, 0.4) is 0 Å². The van der Waals surface area contributed by atoms with E-state index in [1.54, 1.807) is 0 Å². The Labute approximate surface area is 83.8 Å². The van der Waals surface area contributed by atoms with Crippen molar-refractivity contribution in [1.29, 1.82) is 0 Å². The molecule has 78 valence electrons. The van der Waals surface area contributed by atoms with Crippen LogP contribution in [0.5, 0.6) is 0 Å². The molecule has 0 aliphatic rings. The average molecular weight is 207 g/mol. The van der Waals surface area contributed by atoms with E-state index in [1.807, 2.05) is 0 Å². The first-order valence-corrected chi connectivity index (χ1v) is 4.20. The molecule has 0 fully saturated rings. The van der Waals surface area contributed by atoms with E-state index in [0.717, 1.165) is 6.20 Å². The zero-order valence-electron chi connectivity index (χ0n) is 8.26. The predicted octanol–water partition coefficient (Wildman–Crippen LogP) is -1.39. The topological polar surface area (TPSA) is 95.8 Å². The molecule has 2 aromatic heterocycles. The van der Waals surface area contributed by atoms with E-state index in [9.17, 15) is 9.59 Å². The third-order valence-corrected chi connectivity index (χ3v) is 2.24.